The number of amides is 1. The van der Waals surface area contributed by atoms with E-state index >= 15 is 0 Å². The SMILES string of the molecule is O=C(O)C1CCCN(C(=O)c2ccccc2-c2ccc(C(F)(F)F)cc2)C1. The first kappa shape index (κ1) is 18.9. The first-order valence-corrected chi connectivity index (χ1v) is 8.56. The van der Waals surface area contributed by atoms with Crippen LogP contribution in [0.1, 0.15) is 28.8 Å². The Labute approximate surface area is 154 Å². The summed E-state index contributed by atoms with van der Waals surface area (Å²) in [6, 6.07) is 11.3. The number of carboxylic acids is 1. The Kier molecular flexibility index (Phi) is 5.21. The molecule has 1 heterocycles. The Morgan fingerprint density at radius 2 is 1.70 bits per heavy atom. The van der Waals surface area contributed by atoms with Crippen molar-refractivity contribution in [3.8, 4) is 11.1 Å². The van der Waals surface area contributed by atoms with E-state index in [1.807, 2.05) is 0 Å². The lowest BCUT2D eigenvalue weighted by Gasteiger charge is -2.31. The van der Waals surface area contributed by atoms with Crippen molar-refractivity contribution in [1.82, 2.24) is 4.90 Å². The number of benzene rings is 2. The summed E-state index contributed by atoms with van der Waals surface area (Å²) in [6.07, 6.45) is -3.29. The van der Waals surface area contributed by atoms with Gasteiger partial charge in [-0.25, -0.2) is 0 Å². The normalized spacial score (nSPS) is 17.6. The molecule has 142 valence electrons. The fourth-order valence-electron chi connectivity index (χ4n) is 3.29. The van der Waals surface area contributed by atoms with E-state index in [0.717, 1.165) is 12.1 Å². The molecule has 0 aromatic heterocycles. The van der Waals surface area contributed by atoms with Crippen LogP contribution in [0.4, 0.5) is 13.2 Å². The van der Waals surface area contributed by atoms with Gasteiger partial charge < -0.3 is 10.0 Å². The molecule has 1 N–H and O–H groups in total. The minimum absolute atomic E-state index is 0.134. The number of rotatable bonds is 3. The highest BCUT2D eigenvalue weighted by atomic mass is 19.4. The van der Waals surface area contributed by atoms with E-state index in [9.17, 15) is 27.9 Å². The summed E-state index contributed by atoms with van der Waals surface area (Å²) in [6.45, 7) is 0.597. The monoisotopic (exact) mass is 377 g/mol. The van der Waals surface area contributed by atoms with Crippen LogP contribution in [0.25, 0.3) is 11.1 Å². The van der Waals surface area contributed by atoms with Crippen LogP contribution < -0.4 is 0 Å². The van der Waals surface area contributed by atoms with Gasteiger partial charge in [0.25, 0.3) is 5.91 Å². The summed E-state index contributed by atoms with van der Waals surface area (Å²) >= 11 is 0. The van der Waals surface area contributed by atoms with Crippen molar-refractivity contribution in [2.75, 3.05) is 13.1 Å². The van der Waals surface area contributed by atoms with Crippen LogP contribution in [0.15, 0.2) is 48.5 Å². The van der Waals surface area contributed by atoms with Crippen molar-refractivity contribution in [2.45, 2.75) is 19.0 Å². The molecule has 1 saturated heterocycles. The number of piperidine rings is 1. The molecule has 27 heavy (non-hydrogen) atoms. The molecule has 4 nitrogen and oxygen atoms in total. The second-order valence-corrected chi connectivity index (χ2v) is 6.55. The summed E-state index contributed by atoms with van der Waals surface area (Å²) in [5.41, 5.74) is 0.617. The van der Waals surface area contributed by atoms with Gasteiger partial charge in [-0.3, -0.25) is 9.59 Å². The van der Waals surface area contributed by atoms with Gasteiger partial charge in [0.1, 0.15) is 0 Å². The third kappa shape index (κ3) is 4.13. The number of carboxylic acid groups (broad SMARTS) is 1. The van der Waals surface area contributed by atoms with Crippen LogP contribution in [-0.4, -0.2) is 35.0 Å². The lowest BCUT2D eigenvalue weighted by Crippen LogP contribution is -2.42. The van der Waals surface area contributed by atoms with Crippen molar-refractivity contribution >= 4 is 11.9 Å². The molecule has 1 amide bonds. The van der Waals surface area contributed by atoms with Crippen molar-refractivity contribution in [2.24, 2.45) is 5.92 Å². The predicted octanol–water partition coefficient (Wildman–Crippen LogP) is 4.31. The zero-order valence-electron chi connectivity index (χ0n) is 14.4. The van der Waals surface area contributed by atoms with E-state index in [1.54, 1.807) is 24.3 Å². The number of aliphatic carboxylic acids is 1. The number of alkyl halides is 3. The molecular weight excluding hydrogens is 359 g/mol. The van der Waals surface area contributed by atoms with Gasteiger partial charge in [0, 0.05) is 18.7 Å². The van der Waals surface area contributed by atoms with Gasteiger partial charge in [0.05, 0.1) is 11.5 Å². The first-order chi connectivity index (χ1) is 12.8. The van der Waals surface area contributed by atoms with Gasteiger partial charge in [0.15, 0.2) is 0 Å². The Bertz CT molecular complexity index is 846. The number of hydrogen-bond acceptors (Lipinski definition) is 2. The molecule has 0 spiro atoms. The fraction of sp³-hybridized carbons (Fsp3) is 0.300. The summed E-state index contributed by atoms with van der Waals surface area (Å²) in [5, 5.41) is 9.20. The average Bonchev–Trinajstić information content (AvgIpc) is 2.67. The van der Waals surface area contributed by atoms with Crippen LogP contribution in [0, 0.1) is 5.92 Å². The second kappa shape index (κ2) is 7.42. The highest BCUT2D eigenvalue weighted by molar-refractivity contribution is 6.01. The zero-order valence-corrected chi connectivity index (χ0v) is 14.4. The van der Waals surface area contributed by atoms with Crippen molar-refractivity contribution in [3.05, 3.63) is 59.7 Å². The predicted molar refractivity (Wildman–Crippen MR) is 93.1 cm³/mol. The van der Waals surface area contributed by atoms with Gasteiger partial charge in [-0.1, -0.05) is 30.3 Å². The molecule has 0 saturated carbocycles. The maximum atomic E-state index is 12.9. The Morgan fingerprint density at radius 3 is 2.33 bits per heavy atom. The summed E-state index contributed by atoms with van der Waals surface area (Å²) in [5.74, 6) is -1.83. The molecule has 0 bridgehead atoms. The summed E-state index contributed by atoms with van der Waals surface area (Å²) in [4.78, 5) is 25.7. The topological polar surface area (TPSA) is 57.6 Å². The zero-order chi connectivity index (χ0) is 19.6. The third-order valence-electron chi connectivity index (χ3n) is 4.74. The summed E-state index contributed by atoms with van der Waals surface area (Å²) < 4.78 is 38.3. The Morgan fingerprint density at radius 1 is 1.04 bits per heavy atom. The molecule has 1 atom stereocenters. The van der Waals surface area contributed by atoms with Gasteiger partial charge in [-0.2, -0.15) is 13.2 Å². The third-order valence-corrected chi connectivity index (χ3v) is 4.74. The maximum Gasteiger partial charge on any atom is 0.416 e. The molecule has 1 unspecified atom stereocenters. The largest absolute Gasteiger partial charge is 0.481 e. The number of likely N-dealkylation sites (tertiary alicyclic amines) is 1. The van der Waals surface area contributed by atoms with E-state index in [-0.39, 0.29) is 12.5 Å². The van der Waals surface area contributed by atoms with E-state index in [2.05, 4.69) is 0 Å². The number of carbonyl (C=O) groups is 2. The molecule has 0 radical (unpaired) electrons. The molecular formula is C20H18F3NO3. The van der Waals surface area contributed by atoms with Crippen LogP contribution in [0.5, 0.6) is 0 Å². The number of nitrogens with zero attached hydrogens (tertiary/aromatic N) is 1. The van der Waals surface area contributed by atoms with Crippen LogP contribution in [0.3, 0.4) is 0 Å². The van der Waals surface area contributed by atoms with E-state index < -0.39 is 23.6 Å². The fourth-order valence-corrected chi connectivity index (χ4v) is 3.29. The molecule has 7 heteroatoms. The van der Waals surface area contributed by atoms with Crippen molar-refractivity contribution in [3.63, 3.8) is 0 Å². The molecule has 1 fully saturated rings. The molecule has 1 aliphatic rings. The van der Waals surface area contributed by atoms with Crippen molar-refractivity contribution in [1.29, 1.82) is 0 Å². The quantitative estimate of drug-likeness (QED) is 0.867. The van der Waals surface area contributed by atoms with E-state index in [1.165, 1.54) is 17.0 Å². The van der Waals surface area contributed by atoms with Crippen LogP contribution in [-0.2, 0) is 11.0 Å². The lowest BCUT2D eigenvalue weighted by molar-refractivity contribution is -0.143. The second-order valence-electron chi connectivity index (χ2n) is 6.55. The summed E-state index contributed by atoms with van der Waals surface area (Å²) in [7, 11) is 0. The van der Waals surface area contributed by atoms with Crippen molar-refractivity contribution < 1.29 is 27.9 Å². The first-order valence-electron chi connectivity index (χ1n) is 8.56. The highest BCUT2D eigenvalue weighted by Gasteiger charge is 2.31. The van der Waals surface area contributed by atoms with Gasteiger partial charge in [-0.05, 0) is 42.2 Å². The molecule has 0 aliphatic carbocycles. The molecule has 1 aliphatic heterocycles. The van der Waals surface area contributed by atoms with Gasteiger partial charge >= 0.3 is 12.1 Å². The minimum atomic E-state index is -4.42. The molecule has 2 aromatic rings. The Hall–Kier alpha value is -2.83. The van der Waals surface area contributed by atoms with Gasteiger partial charge in [-0.15, -0.1) is 0 Å². The standard InChI is InChI=1S/C20H18F3NO3/c21-20(22,23)15-9-7-13(8-10-15)16-5-1-2-6-17(16)18(25)24-11-3-4-14(12-24)19(26)27/h1-2,5-10,14H,3-4,11-12H2,(H,26,27). The molecule has 2 aromatic carbocycles. The lowest BCUT2D eigenvalue weighted by atomic mass is 9.95. The average molecular weight is 377 g/mol. The number of carbonyl (C=O) groups excluding carboxylic acids is 1. The number of halogens is 3. The smallest absolute Gasteiger partial charge is 0.416 e. The highest BCUT2D eigenvalue weighted by Crippen LogP contribution is 2.32. The maximum absolute atomic E-state index is 12.9. The minimum Gasteiger partial charge on any atom is -0.481 e. The Balaban J connectivity index is 1.90. The van der Waals surface area contributed by atoms with Crippen LogP contribution >= 0.6 is 0 Å². The number of hydrogen-bond donors (Lipinski definition) is 1. The van der Waals surface area contributed by atoms with E-state index in [0.29, 0.717) is 36.1 Å². The molecule has 3 rings (SSSR count). The van der Waals surface area contributed by atoms with E-state index in [4.69, 9.17) is 0 Å². The van der Waals surface area contributed by atoms with Crippen LogP contribution in [0.2, 0.25) is 0 Å². The van der Waals surface area contributed by atoms with Gasteiger partial charge in [0.2, 0.25) is 0 Å².